The summed E-state index contributed by atoms with van der Waals surface area (Å²) in [5.74, 6) is -0.349. The molecule has 8 heteroatoms. The number of rotatable bonds is 16. The molecule has 0 atom stereocenters. The Morgan fingerprint density at radius 3 is 2.00 bits per heavy atom. The fraction of sp³-hybridized carbons (Fsp3) is 0.609. The summed E-state index contributed by atoms with van der Waals surface area (Å²) in [6, 6.07) is 9.61. The molecule has 0 aromatic heterocycles. The van der Waals surface area contributed by atoms with Gasteiger partial charge < -0.3 is 24.3 Å². The molecule has 174 valence electrons. The van der Waals surface area contributed by atoms with Gasteiger partial charge in [0.05, 0.1) is 6.61 Å². The number of benzene rings is 1. The van der Waals surface area contributed by atoms with Gasteiger partial charge >= 0.3 is 11.9 Å². The van der Waals surface area contributed by atoms with Crippen molar-refractivity contribution in [2.24, 2.45) is 0 Å². The molecule has 0 fully saturated rings. The fourth-order valence-electron chi connectivity index (χ4n) is 3.03. The van der Waals surface area contributed by atoms with Gasteiger partial charge in [0.1, 0.15) is 31.1 Å². The Morgan fingerprint density at radius 2 is 1.42 bits per heavy atom. The second-order valence-electron chi connectivity index (χ2n) is 7.46. The SMILES string of the molecule is CC(=O)NC(CCCCCCOCCOc1ccccc1)(COC(C)=O)COC(C)=O. The van der Waals surface area contributed by atoms with Crippen LogP contribution in [0.4, 0.5) is 0 Å². The van der Waals surface area contributed by atoms with Crippen molar-refractivity contribution in [1.29, 1.82) is 0 Å². The van der Waals surface area contributed by atoms with Crippen LogP contribution in [0, 0.1) is 0 Å². The maximum Gasteiger partial charge on any atom is 0.302 e. The van der Waals surface area contributed by atoms with E-state index in [9.17, 15) is 14.4 Å². The zero-order chi connectivity index (χ0) is 23.0. The lowest BCUT2D eigenvalue weighted by Crippen LogP contribution is -2.55. The number of unbranched alkanes of at least 4 members (excludes halogenated alkanes) is 3. The topological polar surface area (TPSA) is 100 Å². The normalized spacial score (nSPS) is 10.9. The van der Waals surface area contributed by atoms with E-state index in [1.165, 1.54) is 20.8 Å². The molecule has 31 heavy (non-hydrogen) atoms. The molecule has 1 aromatic rings. The van der Waals surface area contributed by atoms with Gasteiger partial charge in [0.2, 0.25) is 5.91 Å². The molecular weight excluding hydrogens is 402 g/mol. The first-order chi connectivity index (χ1) is 14.8. The number of hydrogen-bond donors (Lipinski definition) is 1. The maximum absolute atomic E-state index is 11.7. The Bertz CT molecular complexity index is 645. The standard InChI is InChI=1S/C23H35NO7/c1-19(25)24-23(17-30-20(2)26,18-31-21(3)27)13-9-4-5-10-14-28-15-16-29-22-11-7-6-8-12-22/h6-8,11-12H,4-5,9-10,13-18H2,1-3H3,(H,24,25). The minimum atomic E-state index is -0.922. The lowest BCUT2D eigenvalue weighted by atomic mass is 9.93. The van der Waals surface area contributed by atoms with E-state index < -0.39 is 17.5 Å². The smallest absolute Gasteiger partial charge is 0.302 e. The Hall–Kier alpha value is -2.61. The number of amides is 1. The zero-order valence-electron chi connectivity index (χ0n) is 18.8. The zero-order valence-corrected chi connectivity index (χ0v) is 18.8. The molecule has 1 rings (SSSR count). The van der Waals surface area contributed by atoms with Gasteiger partial charge in [-0.2, -0.15) is 0 Å². The van der Waals surface area contributed by atoms with Crippen LogP contribution in [0.5, 0.6) is 5.75 Å². The van der Waals surface area contributed by atoms with Crippen molar-refractivity contribution in [3.63, 3.8) is 0 Å². The first kappa shape index (κ1) is 26.4. The van der Waals surface area contributed by atoms with E-state index >= 15 is 0 Å². The molecular formula is C23H35NO7. The molecule has 0 unspecified atom stereocenters. The van der Waals surface area contributed by atoms with Gasteiger partial charge in [-0.25, -0.2) is 0 Å². The van der Waals surface area contributed by atoms with Crippen molar-refractivity contribution in [2.75, 3.05) is 33.0 Å². The predicted octanol–water partition coefficient (Wildman–Crippen LogP) is 3.03. The van der Waals surface area contributed by atoms with E-state index in [1.54, 1.807) is 0 Å². The van der Waals surface area contributed by atoms with E-state index in [0.717, 1.165) is 31.4 Å². The second-order valence-corrected chi connectivity index (χ2v) is 7.46. The Balaban J connectivity index is 2.28. The molecule has 0 saturated carbocycles. The molecule has 0 spiro atoms. The van der Waals surface area contributed by atoms with Gasteiger partial charge in [-0.3, -0.25) is 14.4 Å². The van der Waals surface area contributed by atoms with Gasteiger partial charge in [-0.15, -0.1) is 0 Å². The van der Waals surface area contributed by atoms with E-state index in [4.69, 9.17) is 18.9 Å². The summed E-state index contributed by atoms with van der Waals surface area (Å²) in [7, 11) is 0. The van der Waals surface area contributed by atoms with Gasteiger partial charge in [0.15, 0.2) is 0 Å². The van der Waals surface area contributed by atoms with Crippen LogP contribution in [0.1, 0.15) is 52.9 Å². The molecule has 0 heterocycles. The van der Waals surface area contributed by atoms with Gasteiger partial charge in [0.25, 0.3) is 0 Å². The lowest BCUT2D eigenvalue weighted by Gasteiger charge is -2.33. The molecule has 0 radical (unpaired) electrons. The number of ether oxygens (including phenoxy) is 4. The molecule has 1 amide bonds. The highest BCUT2D eigenvalue weighted by Crippen LogP contribution is 2.18. The minimum Gasteiger partial charge on any atom is -0.491 e. The number of carbonyl (C=O) groups excluding carboxylic acids is 3. The quantitative estimate of drug-likeness (QED) is 0.313. The van der Waals surface area contributed by atoms with Gasteiger partial charge in [-0.1, -0.05) is 37.5 Å². The molecule has 0 aliphatic rings. The molecule has 0 saturated heterocycles. The third-order valence-electron chi connectivity index (χ3n) is 4.48. The first-order valence-electron chi connectivity index (χ1n) is 10.6. The van der Waals surface area contributed by atoms with Crippen molar-refractivity contribution in [3.05, 3.63) is 30.3 Å². The number of hydrogen-bond acceptors (Lipinski definition) is 7. The number of esters is 2. The van der Waals surface area contributed by atoms with Crippen molar-refractivity contribution in [1.82, 2.24) is 5.32 Å². The Morgan fingerprint density at radius 1 is 0.806 bits per heavy atom. The van der Waals surface area contributed by atoms with Crippen molar-refractivity contribution in [3.8, 4) is 5.75 Å². The van der Waals surface area contributed by atoms with Gasteiger partial charge in [-0.05, 0) is 25.0 Å². The van der Waals surface area contributed by atoms with Crippen molar-refractivity contribution < 1.29 is 33.3 Å². The highest BCUT2D eigenvalue weighted by Gasteiger charge is 2.33. The van der Waals surface area contributed by atoms with E-state index in [0.29, 0.717) is 26.2 Å². The first-order valence-corrected chi connectivity index (χ1v) is 10.6. The summed E-state index contributed by atoms with van der Waals surface area (Å²) < 4.78 is 21.4. The Kier molecular flexibility index (Phi) is 13.0. The van der Waals surface area contributed by atoms with Crippen LogP contribution in [-0.4, -0.2) is 56.4 Å². The molecule has 1 N–H and O–H groups in total. The highest BCUT2D eigenvalue weighted by atomic mass is 16.5. The maximum atomic E-state index is 11.7. The lowest BCUT2D eigenvalue weighted by molar-refractivity contribution is -0.150. The van der Waals surface area contributed by atoms with Crippen LogP contribution < -0.4 is 10.1 Å². The molecule has 0 aliphatic heterocycles. The van der Waals surface area contributed by atoms with Crippen LogP contribution >= 0.6 is 0 Å². The number of nitrogens with one attached hydrogen (secondary N) is 1. The monoisotopic (exact) mass is 437 g/mol. The summed E-state index contributed by atoms with van der Waals surface area (Å²) >= 11 is 0. The number of para-hydroxylation sites is 1. The van der Waals surface area contributed by atoms with Crippen LogP contribution in [0.2, 0.25) is 0 Å². The molecule has 0 aliphatic carbocycles. The third kappa shape index (κ3) is 13.3. The van der Waals surface area contributed by atoms with Crippen molar-refractivity contribution in [2.45, 2.75) is 58.4 Å². The van der Waals surface area contributed by atoms with Crippen molar-refractivity contribution >= 4 is 17.8 Å². The third-order valence-corrected chi connectivity index (χ3v) is 4.48. The second kappa shape index (κ2) is 15.2. The fourth-order valence-corrected chi connectivity index (χ4v) is 3.03. The Labute approximate surface area is 184 Å². The number of carbonyl (C=O) groups is 3. The largest absolute Gasteiger partial charge is 0.491 e. The van der Waals surface area contributed by atoms with Crippen LogP contribution in [0.25, 0.3) is 0 Å². The van der Waals surface area contributed by atoms with Crippen LogP contribution in [0.3, 0.4) is 0 Å². The molecule has 8 nitrogen and oxygen atoms in total. The predicted molar refractivity (Wildman–Crippen MR) is 116 cm³/mol. The minimum absolute atomic E-state index is 0.0419. The molecule has 0 bridgehead atoms. The highest BCUT2D eigenvalue weighted by molar-refractivity contribution is 5.74. The summed E-state index contributed by atoms with van der Waals surface area (Å²) in [5, 5.41) is 2.81. The van der Waals surface area contributed by atoms with Crippen LogP contribution in [-0.2, 0) is 28.6 Å². The summed E-state index contributed by atoms with van der Waals surface area (Å²) in [4.78, 5) is 34.2. The summed E-state index contributed by atoms with van der Waals surface area (Å²) in [5.41, 5.74) is -0.922. The van der Waals surface area contributed by atoms with Gasteiger partial charge in [0, 0.05) is 27.4 Å². The van der Waals surface area contributed by atoms with E-state index in [1.807, 2.05) is 30.3 Å². The van der Waals surface area contributed by atoms with E-state index in [-0.39, 0.29) is 19.1 Å². The summed E-state index contributed by atoms with van der Waals surface area (Å²) in [6.07, 6.45) is 4.08. The average molecular weight is 438 g/mol. The van der Waals surface area contributed by atoms with Crippen LogP contribution in [0.15, 0.2) is 30.3 Å². The summed E-state index contributed by atoms with van der Waals surface area (Å²) in [6.45, 7) is 5.59. The molecule has 1 aromatic carbocycles. The van der Waals surface area contributed by atoms with E-state index in [2.05, 4.69) is 5.32 Å². The average Bonchev–Trinajstić information content (AvgIpc) is 2.72.